The lowest BCUT2D eigenvalue weighted by Gasteiger charge is -2.44. The molecule has 6 fully saturated rings. The largest absolute Gasteiger partial charge is 0.480 e. The summed E-state index contributed by atoms with van der Waals surface area (Å²) in [5, 5.41) is 45.7. The molecule has 10 atom stereocenters. The molecule has 4 heterocycles. The predicted octanol–water partition coefficient (Wildman–Crippen LogP) is 5.06. The van der Waals surface area contributed by atoms with Crippen molar-refractivity contribution in [3.63, 3.8) is 0 Å². The molecule has 29 nitrogen and oxygen atoms in total. The molecule has 9 amide bonds. The fraction of sp³-hybridized carbons (Fsp3) is 0.615. The maximum absolute atomic E-state index is 14.5. The number of piperazine rings is 2. The van der Waals surface area contributed by atoms with Gasteiger partial charge in [0.15, 0.2) is 6.10 Å². The van der Waals surface area contributed by atoms with Crippen molar-refractivity contribution in [1.29, 1.82) is 0 Å². The first-order valence-electron chi connectivity index (χ1n) is 38.3. The van der Waals surface area contributed by atoms with E-state index in [2.05, 4.69) is 46.5 Å². The summed E-state index contributed by atoms with van der Waals surface area (Å²) in [4.78, 5) is 155. The molecule has 14 N–H and O–H groups in total. The molecule has 10 rings (SSSR count). The lowest BCUT2D eigenvalue weighted by Crippen LogP contribution is -2.65. The third-order valence-electron chi connectivity index (χ3n) is 21.9. The van der Waals surface area contributed by atoms with Gasteiger partial charge in [-0.05, 0) is 108 Å². The molecule has 6 aliphatic rings. The van der Waals surface area contributed by atoms with Crippen LogP contribution in [-0.2, 0) is 51.4 Å². The molecule has 0 spiro atoms. The third kappa shape index (κ3) is 25.4. The lowest BCUT2D eigenvalue weighted by atomic mass is 9.79. The van der Waals surface area contributed by atoms with Gasteiger partial charge >= 0.3 is 5.97 Å². The number of hydrogen-bond donors (Lipinski definition) is 11. The molecular weight excluding hydrogens is 1440 g/mol. The predicted molar refractivity (Wildman–Crippen MR) is 409 cm³/mol. The lowest BCUT2D eigenvalue weighted by molar-refractivity contribution is -0.151. The highest BCUT2D eigenvalue weighted by Gasteiger charge is 2.46. The van der Waals surface area contributed by atoms with Crippen molar-refractivity contribution in [3.8, 4) is 0 Å². The second-order valence-electron chi connectivity index (χ2n) is 32.2. The first-order valence-corrected chi connectivity index (χ1v) is 39.0. The monoisotopic (exact) mass is 1550 g/mol. The van der Waals surface area contributed by atoms with Crippen molar-refractivity contribution in [2.24, 2.45) is 51.7 Å². The van der Waals surface area contributed by atoms with Crippen LogP contribution in [0.3, 0.4) is 0 Å². The number of aliphatic hydroxyl groups is 2. The highest BCUT2D eigenvalue weighted by atomic mass is 35.5. The zero-order valence-electron chi connectivity index (χ0n) is 63.5. The van der Waals surface area contributed by atoms with E-state index in [1.165, 1.54) is 61.3 Å². The zero-order valence-corrected chi connectivity index (χ0v) is 65.1. The van der Waals surface area contributed by atoms with Crippen LogP contribution in [0.25, 0.3) is 0 Å². The molecule has 31 heteroatoms. The zero-order chi connectivity index (χ0) is 79.3. The topological polar surface area (TPSA) is 434 Å². The van der Waals surface area contributed by atoms with E-state index < -0.39 is 119 Å². The number of nitrogens with zero attached hydrogens (tertiary/aromatic N) is 8. The van der Waals surface area contributed by atoms with Crippen LogP contribution in [0.4, 0.5) is 0 Å². The summed E-state index contributed by atoms with van der Waals surface area (Å²) in [5.74, 6) is -5.06. The Morgan fingerprint density at radius 2 is 0.899 bits per heavy atom. The molecule has 2 aromatic carbocycles. The smallest absolute Gasteiger partial charge is 0.322 e. The van der Waals surface area contributed by atoms with Crippen LogP contribution in [0.15, 0.2) is 85.7 Å². The number of rotatable bonds is 27. The van der Waals surface area contributed by atoms with Gasteiger partial charge in [-0.1, -0.05) is 166 Å². The van der Waals surface area contributed by atoms with Gasteiger partial charge in [-0.15, -0.1) is 0 Å². The molecule has 2 saturated heterocycles. The van der Waals surface area contributed by atoms with Crippen LogP contribution in [0.2, 0.25) is 10.0 Å². The Balaban J connectivity index is 0.000000242. The summed E-state index contributed by atoms with van der Waals surface area (Å²) in [6, 6.07) is 7.77. The number of carboxylic acid groups (broad SMARTS) is 1. The third-order valence-corrected chi connectivity index (χ3v) is 22.4. The second-order valence-corrected chi connectivity index (χ2v) is 33.0. The van der Waals surface area contributed by atoms with E-state index in [-0.39, 0.29) is 60.6 Å². The van der Waals surface area contributed by atoms with Crippen molar-refractivity contribution in [2.45, 2.75) is 231 Å². The van der Waals surface area contributed by atoms with Gasteiger partial charge in [0.1, 0.15) is 53.7 Å². The maximum atomic E-state index is 14.5. The number of amides is 9. The van der Waals surface area contributed by atoms with Crippen molar-refractivity contribution in [2.75, 3.05) is 39.3 Å². The summed E-state index contributed by atoms with van der Waals surface area (Å²) in [5.41, 5.74) is 16.6. The molecule has 4 aliphatic carbocycles. The molecule has 2 aromatic heterocycles. The summed E-state index contributed by atoms with van der Waals surface area (Å²) < 4.78 is 0. The molecule has 4 saturated carbocycles. The summed E-state index contributed by atoms with van der Waals surface area (Å²) >= 11 is 12.1. The number of hydrogen-bond acceptors (Lipinski definition) is 19. The second kappa shape index (κ2) is 40.6. The number of carbonyl (C=O) groups excluding carboxylic acids is 9. The summed E-state index contributed by atoms with van der Waals surface area (Å²) in [6.07, 6.45) is 22.3. The van der Waals surface area contributed by atoms with Crippen molar-refractivity contribution in [3.05, 3.63) is 118 Å². The Labute approximate surface area is 648 Å². The van der Waals surface area contributed by atoms with E-state index in [1.807, 2.05) is 75.6 Å². The van der Waals surface area contributed by atoms with Gasteiger partial charge in [-0.3, -0.25) is 67.7 Å². The van der Waals surface area contributed by atoms with E-state index >= 15 is 0 Å². The molecular formula is C78H112Cl2N16O13. The van der Waals surface area contributed by atoms with Gasteiger partial charge in [0.25, 0.3) is 11.8 Å². The first kappa shape index (κ1) is 86.3. The average Bonchev–Trinajstić information content (AvgIpc) is 0.799. The molecule has 0 radical (unpaired) electrons. The van der Waals surface area contributed by atoms with E-state index in [9.17, 15) is 58.2 Å². The Bertz CT molecular complexity index is 3690. The molecule has 4 aromatic rings. The summed E-state index contributed by atoms with van der Waals surface area (Å²) in [7, 11) is 0. The fourth-order valence-electron chi connectivity index (χ4n) is 15.0. The number of carbonyl (C=O) groups is 10. The van der Waals surface area contributed by atoms with E-state index in [1.54, 1.807) is 29.2 Å². The van der Waals surface area contributed by atoms with Crippen molar-refractivity contribution < 1.29 is 63.3 Å². The number of aliphatic hydroxyl groups excluding tert-OH is 2. The SMILES string of the molecule is CC(C)(C)[C@H](NC(=O)[C@@H](NC(=O)c1cnccn1)C1CCCCC1)C(=O)N1CCN(Cc2ccc(Cl)cc2)[C@@H](C(=O)NC(CC2CCC2)C(O)C(N)=O)C1.CC(C)(C)[C@H](NC(=O)[C@@H](NC(=O)c1cnccn1)C1CCCCC1)C(=O)N1CCN(Cc2ccc(Cl)cc2)[C@@H](C(=O)O)C1.NC(=O)C(O)C(N)CC1CCC1. The van der Waals surface area contributed by atoms with Gasteiger partial charge in [0.2, 0.25) is 41.4 Å². The fourth-order valence-corrected chi connectivity index (χ4v) is 15.2. The van der Waals surface area contributed by atoms with Gasteiger partial charge in [-0.25, -0.2) is 9.97 Å². The minimum absolute atomic E-state index is 0.00100. The highest BCUT2D eigenvalue weighted by Crippen LogP contribution is 2.35. The number of benzene rings is 2. The van der Waals surface area contributed by atoms with Crippen LogP contribution < -0.4 is 43.8 Å². The van der Waals surface area contributed by atoms with Crippen LogP contribution in [0, 0.1) is 34.5 Å². The molecule has 0 bridgehead atoms. The number of carboxylic acids is 1. The highest BCUT2D eigenvalue weighted by molar-refractivity contribution is 6.30. The van der Waals surface area contributed by atoms with Crippen LogP contribution in [0.1, 0.15) is 189 Å². The van der Waals surface area contributed by atoms with E-state index in [0.717, 1.165) is 94.6 Å². The van der Waals surface area contributed by atoms with Gasteiger partial charge in [0, 0.05) is 93.2 Å². The standard InChI is InChI=1S/C39H55ClN8O6.C31H41ClN6O5.C8H16N2O2/c1-39(2,3)33(46-37(53)31(26-10-5-4-6-11-26)45-35(51)29-21-42-16-17-43-29)38(54)48-19-18-47(22-25-12-14-27(40)15-13-25)30(23-48)36(52)44-28(32(49)34(41)50)20-24-8-7-9-24;1-31(2,3)26(29(41)38-16-15-37(24(19-38)30(42)43)18-20-9-11-22(32)12-10-20)36-28(40)25(21-7-5-4-6-8-21)35-27(39)23-17-33-13-14-34-23;9-6(7(11)8(10)12)4-5-2-1-3-5/h12-17,21,24,26,28,30-33,49H,4-11,18-20,22-23H2,1-3H3,(H2,41,50)(H,44,52)(H,45,51)(H,46,53);9-14,17,21,24-26H,4-8,15-16,18-19H2,1-3H3,(H,35,39)(H,36,40)(H,42,43);5-7,11H,1-4,9H2,(H2,10,12)/t28?,30-,31+,32?,33-;24-,25+,26-;/m11./s1. The molecule has 109 heavy (non-hydrogen) atoms. The van der Waals surface area contributed by atoms with Gasteiger partial charge in [-0.2, -0.15) is 0 Å². The Morgan fingerprint density at radius 3 is 1.26 bits per heavy atom. The number of aliphatic carboxylic acids is 1. The normalized spacial score (nSPS) is 20.6. The average molecular weight is 1550 g/mol. The molecule has 596 valence electrons. The summed E-state index contributed by atoms with van der Waals surface area (Å²) in [6.45, 7) is 13.2. The van der Waals surface area contributed by atoms with Gasteiger partial charge in [0.05, 0.1) is 18.4 Å². The van der Waals surface area contributed by atoms with E-state index in [4.69, 9.17) is 45.5 Å². The van der Waals surface area contributed by atoms with E-state index in [0.29, 0.717) is 61.5 Å². The molecule has 4 unspecified atom stereocenters. The minimum atomic E-state index is -1.56. The number of aromatic nitrogens is 4. The Kier molecular flexibility index (Phi) is 32.1. The number of halogens is 2. The number of primary amides is 2. The van der Waals surface area contributed by atoms with Crippen molar-refractivity contribution in [1.82, 2.24) is 66.1 Å². The van der Waals surface area contributed by atoms with Crippen molar-refractivity contribution >= 4 is 82.3 Å². The van der Waals surface area contributed by atoms with Crippen LogP contribution in [0.5, 0.6) is 0 Å². The quantitative estimate of drug-likeness (QED) is 0.0371. The van der Waals surface area contributed by atoms with Gasteiger partial charge < -0.3 is 68.9 Å². The van der Waals surface area contributed by atoms with Crippen LogP contribution >= 0.6 is 23.2 Å². The first-order chi connectivity index (χ1) is 51.7. The maximum Gasteiger partial charge on any atom is 0.322 e. The Hall–Kier alpha value is -8.32. The molecule has 2 aliphatic heterocycles. The number of nitrogens with one attached hydrogen (secondary N) is 5. The Morgan fingerprint density at radius 1 is 0.505 bits per heavy atom. The minimum Gasteiger partial charge on any atom is -0.480 e. The number of nitrogens with two attached hydrogens (primary N) is 3. The van der Waals surface area contributed by atoms with Crippen LogP contribution in [-0.4, -0.2) is 214 Å².